The van der Waals surface area contributed by atoms with Gasteiger partial charge in [0.1, 0.15) is 0 Å². The SMILES string of the molecule is Cn1cc(CC(N)CC2=CCCCC2)nn1. The van der Waals surface area contributed by atoms with Crippen molar-refractivity contribution in [3.8, 4) is 0 Å². The van der Waals surface area contributed by atoms with Crippen LogP contribution in [0.15, 0.2) is 17.8 Å². The van der Waals surface area contributed by atoms with Gasteiger partial charge in [-0.25, -0.2) is 0 Å². The van der Waals surface area contributed by atoms with E-state index in [2.05, 4.69) is 16.4 Å². The van der Waals surface area contributed by atoms with Gasteiger partial charge in [-0.15, -0.1) is 5.10 Å². The monoisotopic (exact) mass is 220 g/mol. The van der Waals surface area contributed by atoms with Gasteiger partial charge in [0.05, 0.1) is 5.69 Å². The van der Waals surface area contributed by atoms with Gasteiger partial charge in [0.15, 0.2) is 0 Å². The Morgan fingerprint density at radius 1 is 1.44 bits per heavy atom. The second-order valence-corrected chi connectivity index (χ2v) is 4.66. The van der Waals surface area contributed by atoms with E-state index in [4.69, 9.17) is 5.73 Å². The fourth-order valence-corrected chi connectivity index (χ4v) is 2.26. The van der Waals surface area contributed by atoms with Crippen molar-refractivity contribution < 1.29 is 0 Å². The maximum atomic E-state index is 6.13. The van der Waals surface area contributed by atoms with Gasteiger partial charge >= 0.3 is 0 Å². The Bertz CT molecular complexity index is 367. The Balaban J connectivity index is 1.83. The number of nitrogens with two attached hydrogens (primary N) is 1. The van der Waals surface area contributed by atoms with Gasteiger partial charge in [-0.2, -0.15) is 0 Å². The van der Waals surface area contributed by atoms with Crippen molar-refractivity contribution >= 4 is 0 Å². The summed E-state index contributed by atoms with van der Waals surface area (Å²) in [5, 5.41) is 7.98. The molecule has 0 saturated carbocycles. The van der Waals surface area contributed by atoms with E-state index in [-0.39, 0.29) is 6.04 Å². The molecule has 0 radical (unpaired) electrons. The van der Waals surface area contributed by atoms with Crippen LogP contribution in [0.2, 0.25) is 0 Å². The summed E-state index contributed by atoms with van der Waals surface area (Å²) in [6.45, 7) is 0. The summed E-state index contributed by atoms with van der Waals surface area (Å²) in [5.74, 6) is 0. The molecule has 2 rings (SSSR count). The van der Waals surface area contributed by atoms with E-state index in [1.807, 2.05) is 13.2 Å². The van der Waals surface area contributed by atoms with Crippen LogP contribution in [-0.4, -0.2) is 21.0 Å². The van der Waals surface area contributed by atoms with E-state index >= 15 is 0 Å². The summed E-state index contributed by atoms with van der Waals surface area (Å²) < 4.78 is 1.72. The van der Waals surface area contributed by atoms with Crippen molar-refractivity contribution in [3.63, 3.8) is 0 Å². The Kier molecular flexibility index (Phi) is 3.72. The zero-order chi connectivity index (χ0) is 11.4. The first-order valence-corrected chi connectivity index (χ1v) is 6.03. The van der Waals surface area contributed by atoms with Crippen LogP contribution in [-0.2, 0) is 13.5 Å². The highest BCUT2D eigenvalue weighted by Gasteiger charge is 2.11. The highest BCUT2D eigenvalue weighted by molar-refractivity contribution is 5.08. The highest BCUT2D eigenvalue weighted by atomic mass is 15.4. The van der Waals surface area contributed by atoms with Crippen LogP contribution in [0.1, 0.15) is 37.8 Å². The fraction of sp³-hybridized carbons (Fsp3) is 0.667. The lowest BCUT2D eigenvalue weighted by atomic mass is 9.93. The van der Waals surface area contributed by atoms with Gasteiger partial charge in [-0.05, 0) is 32.1 Å². The molecule has 4 nitrogen and oxygen atoms in total. The molecule has 1 unspecified atom stereocenters. The first kappa shape index (κ1) is 11.3. The lowest BCUT2D eigenvalue weighted by Crippen LogP contribution is -2.24. The summed E-state index contributed by atoms with van der Waals surface area (Å²) in [5.41, 5.74) is 8.65. The first-order valence-electron chi connectivity index (χ1n) is 6.03. The van der Waals surface area contributed by atoms with Crippen LogP contribution in [0.5, 0.6) is 0 Å². The molecule has 4 heteroatoms. The van der Waals surface area contributed by atoms with E-state index in [0.717, 1.165) is 18.5 Å². The fourth-order valence-electron chi connectivity index (χ4n) is 2.26. The molecule has 1 aromatic rings. The maximum absolute atomic E-state index is 6.13. The molecule has 0 aliphatic heterocycles. The molecule has 0 fully saturated rings. The molecule has 16 heavy (non-hydrogen) atoms. The summed E-state index contributed by atoms with van der Waals surface area (Å²) in [7, 11) is 1.88. The Hall–Kier alpha value is -1.16. The third-order valence-electron chi connectivity index (χ3n) is 3.03. The van der Waals surface area contributed by atoms with Crippen molar-refractivity contribution in [1.29, 1.82) is 0 Å². The molecule has 1 aromatic heterocycles. The first-order chi connectivity index (χ1) is 7.74. The van der Waals surface area contributed by atoms with E-state index in [1.165, 1.54) is 31.3 Å². The maximum Gasteiger partial charge on any atom is 0.0842 e. The van der Waals surface area contributed by atoms with Crippen LogP contribution < -0.4 is 5.73 Å². The molecule has 0 saturated heterocycles. The minimum absolute atomic E-state index is 0.182. The minimum Gasteiger partial charge on any atom is -0.327 e. The standard InChI is InChI=1S/C12H20N4/c1-16-9-12(14-15-16)8-11(13)7-10-5-3-2-4-6-10/h5,9,11H,2-4,6-8,13H2,1H3. The van der Waals surface area contributed by atoms with Gasteiger partial charge in [0.2, 0.25) is 0 Å². The number of rotatable bonds is 4. The number of allylic oxidation sites excluding steroid dienone is 1. The molecule has 88 valence electrons. The predicted octanol–water partition coefficient (Wildman–Crippen LogP) is 1.58. The van der Waals surface area contributed by atoms with Gasteiger partial charge in [-0.3, -0.25) is 4.68 Å². The average molecular weight is 220 g/mol. The predicted molar refractivity (Wildman–Crippen MR) is 63.9 cm³/mol. The lowest BCUT2D eigenvalue weighted by Gasteiger charge is -2.16. The van der Waals surface area contributed by atoms with Gasteiger partial charge in [0.25, 0.3) is 0 Å². The van der Waals surface area contributed by atoms with E-state index in [0.29, 0.717) is 0 Å². The topological polar surface area (TPSA) is 56.7 Å². The van der Waals surface area contributed by atoms with Gasteiger partial charge in [-0.1, -0.05) is 16.9 Å². The normalized spacial score (nSPS) is 18.2. The zero-order valence-electron chi connectivity index (χ0n) is 9.89. The number of hydrogen-bond donors (Lipinski definition) is 1. The van der Waals surface area contributed by atoms with Gasteiger partial charge in [0, 0.05) is 25.7 Å². The average Bonchev–Trinajstić information content (AvgIpc) is 2.65. The van der Waals surface area contributed by atoms with Crippen molar-refractivity contribution in [2.75, 3.05) is 0 Å². The van der Waals surface area contributed by atoms with Crippen LogP contribution in [0.4, 0.5) is 0 Å². The smallest absolute Gasteiger partial charge is 0.0842 e. The van der Waals surface area contributed by atoms with E-state index in [9.17, 15) is 0 Å². The second kappa shape index (κ2) is 5.25. The molecule has 0 amide bonds. The molecule has 0 spiro atoms. The number of hydrogen-bond acceptors (Lipinski definition) is 3. The van der Waals surface area contributed by atoms with Crippen molar-refractivity contribution in [2.24, 2.45) is 12.8 Å². The molecule has 0 aromatic carbocycles. The summed E-state index contributed by atoms with van der Waals surface area (Å²) >= 11 is 0. The number of aromatic nitrogens is 3. The minimum atomic E-state index is 0.182. The van der Waals surface area contributed by atoms with Crippen molar-refractivity contribution in [2.45, 2.75) is 44.6 Å². The summed E-state index contributed by atoms with van der Waals surface area (Å²) in [4.78, 5) is 0. The van der Waals surface area contributed by atoms with Crippen LogP contribution in [0.3, 0.4) is 0 Å². The van der Waals surface area contributed by atoms with E-state index < -0.39 is 0 Å². The lowest BCUT2D eigenvalue weighted by molar-refractivity contribution is 0.600. The second-order valence-electron chi connectivity index (χ2n) is 4.66. The molecule has 1 heterocycles. The molecular weight excluding hydrogens is 200 g/mol. The molecule has 2 N–H and O–H groups in total. The van der Waals surface area contributed by atoms with E-state index in [1.54, 1.807) is 4.68 Å². The third kappa shape index (κ3) is 3.17. The quantitative estimate of drug-likeness (QED) is 0.784. The highest BCUT2D eigenvalue weighted by Crippen LogP contribution is 2.21. The number of nitrogens with zero attached hydrogens (tertiary/aromatic N) is 3. The molecular formula is C12H20N4. The number of aryl methyl sites for hydroxylation is 1. The Labute approximate surface area is 96.5 Å². The summed E-state index contributed by atoms with van der Waals surface area (Å²) in [6.07, 6.45) is 11.3. The third-order valence-corrected chi connectivity index (χ3v) is 3.03. The summed E-state index contributed by atoms with van der Waals surface area (Å²) in [6, 6.07) is 0.182. The molecule has 0 bridgehead atoms. The molecule has 1 aliphatic rings. The van der Waals surface area contributed by atoms with Crippen LogP contribution >= 0.6 is 0 Å². The Morgan fingerprint density at radius 2 is 2.31 bits per heavy atom. The van der Waals surface area contributed by atoms with Crippen molar-refractivity contribution in [3.05, 3.63) is 23.5 Å². The molecule has 1 atom stereocenters. The molecule has 1 aliphatic carbocycles. The zero-order valence-corrected chi connectivity index (χ0v) is 9.89. The Morgan fingerprint density at radius 3 is 2.94 bits per heavy atom. The van der Waals surface area contributed by atoms with Gasteiger partial charge < -0.3 is 5.73 Å². The van der Waals surface area contributed by atoms with Crippen LogP contribution in [0.25, 0.3) is 0 Å². The van der Waals surface area contributed by atoms with Crippen molar-refractivity contribution in [1.82, 2.24) is 15.0 Å². The van der Waals surface area contributed by atoms with Crippen LogP contribution in [0, 0.1) is 0 Å². The largest absolute Gasteiger partial charge is 0.327 e.